The summed E-state index contributed by atoms with van der Waals surface area (Å²) in [5.41, 5.74) is 0.865. The minimum absolute atomic E-state index is 0.165. The molecule has 7 heteroatoms. The molecule has 2 heterocycles. The van der Waals surface area contributed by atoms with Crippen molar-refractivity contribution in [1.29, 1.82) is 0 Å². The highest BCUT2D eigenvalue weighted by Crippen LogP contribution is 2.60. The zero-order valence-electron chi connectivity index (χ0n) is 14.4. The molecular formula is C19H20FN5S. The van der Waals surface area contributed by atoms with Crippen molar-refractivity contribution in [2.75, 3.05) is 5.32 Å². The molecule has 26 heavy (non-hydrogen) atoms. The Morgan fingerprint density at radius 3 is 2.50 bits per heavy atom. The van der Waals surface area contributed by atoms with Gasteiger partial charge in [0.05, 0.1) is 0 Å². The van der Waals surface area contributed by atoms with E-state index < -0.39 is 0 Å². The van der Waals surface area contributed by atoms with Crippen LogP contribution in [0.4, 0.5) is 15.2 Å². The Kier molecular flexibility index (Phi) is 3.05. The van der Waals surface area contributed by atoms with Crippen LogP contribution in [-0.4, -0.2) is 19.8 Å². The molecule has 5 nitrogen and oxygen atoms in total. The fraction of sp³-hybridized carbons (Fsp3) is 0.526. The van der Waals surface area contributed by atoms with Gasteiger partial charge in [-0.05, 0) is 74.5 Å². The van der Waals surface area contributed by atoms with E-state index in [-0.39, 0.29) is 11.2 Å². The van der Waals surface area contributed by atoms with E-state index in [2.05, 4.69) is 15.5 Å². The SMILES string of the molecule is Fc1cccc(Nc2nn3c(C45CC6CC(CC(C6)C4)C5)nnc3s2)c1. The number of nitrogens with zero attached hydrogens (tertiary/aromatic N) is 4. The topological polar surface area (TPSA) is 55.1 Å². The van der Waals surface area contributed by atoms with Gasteiger partial charge in [0.1, 0.15) is 5.82 Å². The fourth-order valence-electron chi connectivity index (χ4n) is 6.07. The molecule has 4 aliphatic carbocycles. The molecule has 0 radical (unpaired) electrons. The van der Waals surface area contributed by atoms with Crippen molar-refractivity contribution in [1.82, 2.24) is 19.8 Å². The summed E-state index contributed by atoms with van der Waals surface area (Å²) in [4.78, 5) is 0.814. The van der Waals surface area contributed by atoms with Crippen molar-refractivity contribution < 1.29 is 4.39 Å². The van der Waals surface area contributed by atoms with Crippen LogP contribution in [0.15, 0.2) is 24.3 Å². The van der Waals surface area contributed by atoms with E-state index in [0.29, 0.717) is 5.69 Å². The van der Waals surface area contributed by atoms with Gasteiger partial charge in [0.25, 0.3) is 0 Å². The van der Waals surface area contributed by atoms with Crippen molar-refractivity contribution in [3.8, 4) is 0 Å². The van der Waals surface area contributed by atoms with Crippen molar-refractivity contribution in [2.45, 2.75) is 43.9 Å². The highest BCUT2D eigenvalue weighted by atomic mass is 32.1. The lowest BCUT2D eigenvalue weighted by Crippen LogP contribution is -2.49. The number of rotatable bonds is 3. The standard InChI is InChI=1S/C19H20FN5S/c20-14-2-1-3-15(7-14)21-17-24-25-16(22-23-18(25)26-17)19-8-11-4-12(9-19)6-13(5-11)10-19/h1-3,7,11-13H,4-6,8-10H2,(H,21,24). The van der Waals surface area contributed by atoms with E-state index in [9.17, 15) is 4.39 Å². The van der Waals surface area contributed by atoms with Gasteiger partial charge in [-0.25, -0.2) is 4.39 Å². The van der Waals surface area contributed by atoms with Crippen molar-refractivity contribution in [3.63, 3.8) is 0 Å². The second-order valence-corrected chi connectivity index (χ2v) is 9.41. The number of benzene rings is 1. The van der Waals surface area contributed by atoms with Gasteiger partial charge in [-0.1, -0.05) is 17.4 Å². The van der Waals surface area contributed by atoms with Crippen LogP contribution in [-0.2, 0) is 5.41 Å². The largest absolute Gasteiger partial charge is 0.330 e. The molecule has 0 saturated heterocycles. The summed E-state index contributed by atoms with van der Waals surface area (Å²) in [6.45, 7) is 0. The summed E-state index contributed by atoms with van der Waals surface area (Å²) in [6.07, 6.45) is 7.94. The zero-order chi connectivity index (χ0) is 17.3. The van der Waals surface area contributed by atoms with E-state index in [0.717, 1.165) is 33.7 Å². The predicted octanol–water partition coefficient (Wildman–Crippen LogP) is 4.54. The third-order valence-corrected chi connectivity index (χ3v) is 7.39. The van der Waals surface area contributed by atoms with Crippen molar-refractivity contribution in [3.05, 3.63) is 35.9 Å². The number of halogens is 1. The molecule has 4 aliphatic rings. The maximum Gasteiger partial charge on any atom is 0.236 e. The molecule has 7 rings (SSSR count). The third-order valence-electron chi connectivity index (χ3n) is 6.58. The summed E-state index contributed by atoms with van der Waals surface area (Å²) >= 11 is 1.47. The number of hydrogen-bond acceptors (Lipinski definition) is 5. The van der Waals surface area contributed by atoms with Gasteiger partial charge in [-0.15, -0.1) is 15.3 Å². The molecule has 0 aliphatic heterocycles. The highest BCUT2D eigenvalue weighted by molar-refractivity contribution is 7.20. The van der Waals surface area contributed by atoms with Gasteiger partial charge in [-0.3, -0.25) is 0 Å². The van der Waals surface area contributed by atoms with Crippen LogP contribution >= 0.6 is 11.3 Å². The first-order chi connectivity index (χ1) is 12.7. The van der Waals surface area contributed by atoms with Crippen LogP contribution in [0.25, 0.3) is 4.96 Å². The molecule has 2 aromatic heterocycles. The van der Waals surface area contributed by atoms with Crippen LogP contribution in [0.3, 0.4) is 0 Å². The molecule has 1 aromatic carbocycles. The Labute approximate surface area is 154 Å². The molecule has 0 spiro atoms. The maximum absolute atomic E-state index is 13.4. The van der Waals surface area contributed by atoms with Gasteiger partial charge < -0.3 is 5.32 Å². The predicted molar refractivity (Wildman–Crippen MR) is 98.2 cm³/mol. The molecule has 0 atom stereocenters. The Bertz CT molecular complexity index is 958. The Morgan fingerprint density at radius 2 is 1.81 bits per heavy atom. The first-order valence-electron chi connectivity index (χ1n) is 9.42. The molecule has 4 saturated carbocycles. The molecule has 0 unspecified atom stereocenters. The first-order valence-corrected chi connectivity index (χ1v) is 10.2. The van der Waals surface area contributed by atoms with Crippen LogP contribution in [0.2, 0.25) is 0 Å². The first kappa shape index (κ1) is 15.1. The Morgan fingerprint density at radius 1 is 1.08 bits per heavy atom. The number of hydrogen-bond donors (Lipinski definition) is 1. The molecule has 4 bridgehead atoms. The summed E-state index contributed by atoms with van der Waals surface area (Å²) in [5, 5.41) is 17.7. The lowest BCUT2D eigenvalue weighted by atomic mass is 9.49. The second kappa shape index (κ2) is 5.25. The van der Waals surface area contributed by atoms with E-state index in [1.54, 1.807) is 6.07 Å². The quantitative estimate of drug-likeness (QED) is 0.737. The van der Waals surface area contributed by atoms with Crippen molar-refractivity contribution >= 4 is 27.1 Å². The third kappa shape index (κ3) is 2.22. The van der Waals surface area contributed by atoms with Gasteiger partial charge >= 0.3 is 0 Å². The summed E-state index contributed by atoms with van der Waals surface area (Å²) in [7, 11) is 0. The molecular weight excluding hydrogens is 349 g/mol. The second-order valence-electron chi connectivity index (χ2n) is 8.46. The lowest BCUT2D eigenvalue weighted by molar-refractivity contribution is -0.0103. The van der Waals surface area contributed by atoms with Gasteiger partial charge in [0.15, 0.2) is 5.82 Å². The monoisotopic (exact) mass is 369 g/mol. The van der Waals surface area contributed by atoms with E-state index in [1.807, 2.05) is 10.6 Å². The summed E-state index contributed by atoms with van der Waals surface area (Å²) in [6, 6.07) is 6.45. The van der Waals surface area contributed by atoms with Crippen LogP contribution < -0.4 is 5.32 Å². The Balaban J connectivity index is 1.37. The van der Waals surface area contributed by atoms with Gasteiger partial charge in [0, 0.05) is 11.1 Å². The molecule has 1 N–H and O–H groups in total. The van der Waals surface area contributed by atoms with E-state index in [4.69, 9.17) is 5.10 Å². The number of aromatic nitrogens is 4. The minimum Gasteiger partial charge on any atom is -0.330 e. The number of anilines is 2. The molecule has 134 valence electrons. The van der Waals surface area contributed by atoms with E-state index >= 15 is 0 Å². The smallest absolute Gasteiger partial charge is 0.236 e. The van der Waals surface area contributed by atoms with Gasteiger partial charge in [-0.2, -0.15) is 4.52 Å². The average Bonchev–Trinajstić information content (AvgIpc) is 3.13. The number of fused-ring (bicyclic) bond motifs is 1. The minimum atomic E-state index is -0.257. The molecule has 0 amide bonds. The lowest BCUT2D eigenvalue weighted by Gasteiger charge is -2.55. The molecule has 4 fully saturated rings. The van der Waals surface area contributed by atoms with Gasteiger partial charge in [0.2, 0.25) is 10.1 Å². The Hall–Kier alpha value is -2.02. The zero-order valence-corrected chi connectivity index (χ0v) is 15.2. The summed E-state index contributed by atoms with van der Waals surface area (Å²) in [5.74, 6) is 3.37. The maximum atomic E-state index is 13.4. The fourth-order valence-corrected chi connectivity index (χ4v) is 6.83. The summed E-state index contributed by atoms with van der Waals surface area (Å²) < 4.78 is 15.4. The van der Waals surface area contributed by atoms with Crippen LogP contribution in [0.5, 0.6) is 0 Å². The van der Waals surface area contributed by atoms with Crippen molar-refractivity contribution in [2.24, 2.45) is 17.8 Å². The van der Waals surface area contributed by atoms with Crippen LogP contribution in [0, 0.1) is 23.6 Å². The average molecular weight is 369 g/mol. The molecule has 3 aromatic rings. The van der Waals surface area contributed by atoms with E-state index in [1.165, 1.54) is 62.0 Å². The van der Waals surface area contributed by atoms with Crippen LogP contribution in [0.1, 0.15) is 44.3 Å². The number of nitrogens with one attached hydrogen (secondary N) is 1. The normalized spacial score (nSPS) is 32.4. The highest BCUT2D eigenvalue weighted by Gasteiger charge is 2.54.